The van der Waals surface area contributed by atoms with Gasteiger partial charge in [0.05, 0.1) is 6.26 Å². The zero-order valence-electron chi connectivity index (χ0n) is 13.3. The Hall–Kier alpha value is -2.09. The summed E-state index contributed by atoms with van der Waals surface area (Å²) in [4.78, 5) is 4.27. The van der Waals surface area contributed by atoms with Gasteiger partial charge in [0.2, 0.25) is 5.88 Å². The van der Waals surface area contributed by atoms with Crippen molar-refractivity contribution in [3.63, 3.8) is 0 Å². The molecular weight excluding hydrogens is 258 g/mol. The number of pyridine rings is 1. The first-order valence-corrected chi connectivity index (χ1v) is 7.28. The second kappa shape index (κ2) is 6.57. The molecule has 0 N–H and O–H groups in total. The van der Waals surface area contributed by atoms with Crippen molar-refractivity contribution in [3.8, 4) is 5.88 Å². The smallest absolute Gasteiger partial charge is 0.218 e. The Morgan fingerprint density at radius 2 is 1.86 bits per heavy atom. The Bertz CT molecular complexity index is 609. The average molecular weight is 281 g/mol. The molecule has 110 valence electrons. The molecule has 2 nitrogen and oxygen atoms in total. The summed E-state index contributed by atoms with van der Waals surface area (Å²) in [6.07, 6.45) is 4.48. The Balaban J connectivity index is 2.03. The molecule has 2 aromatic rings. The van der Waals surface area contributed by atoms with Crippen LogP contribution in [0.4, 0.5) is 0 Å². The van der Waals surface area contributed by atoms with Crippen molar-refractivity contribution in [1.29, 1.82) is 0 Å². The van der Waals surface area contributed by atoms with Gasteiger partial charge in [0.25, 0.3) is 0 Å². The topological polar surface area (TPSA) is 22.1 Å². The molecule has 0 atom stereocenters. The largest absolute Gasteiger partial charge is 0.447 e. The predicted molar refractivity (Wildman–Crippen MR) is 87.5 cm³/mol. The van der Waals surface area contributed by atoms with Crippen molar-refractivity contribution in [2.75, 3.05) is 0 Å². The van der Waals surface area contributed by atoms with Crippen LogP contribution in [0.2, 0.25) is 0 Å². The Morgan fingerprint density at radius 1 is 1.14 bits per heavy atom. The highest BCUT2D eigenvalue weighted by molar-refractivity contribution is 5.27. The van der Waals surface area contributed by atoms with E-state index in [1.54, 1.807) is 12.5 Å². The molecule has 0 bridgehead atoms. The van der Waals surface area contributed by atoms with Crippen molar-refractivity contribution in [2.45, 2.75) is 39.5 Å². The maximum absolute atomic E-state index is 5.70. The molecule has 1 heterocycles. The summed E-state index contributed by atoms with van der Waals surface area (Å²) in [5, 5.41) is 0. The maximum atomic E-state index is 5.70. The number of aromatic nitrogens is 1. The number of rotatable bonds is 4. The Kier molecular flexibility index (Phi) is 4.79. The number of nitrogens with zero attached hydrogens (tertiary/aromatic N) is 1. The van der Waals surface area contributed by atoms with Gasteiger partial charge >= 0.3 is 0 Å². The number of ether oxygens (including phenoxy) is 1. The summed E-state index contributed by atoms with van der Waals surface area (Å²) >= 11 is 0. The molecule has 0 saturated heterocycles. The highest BCUT2D eigenvalue weighted by Gasteiger charge is 2.14. The van der Waals surface area contributed by atoms with Crippen LogP contribution in [0.1, 0.15) is 38.8 Å². The third-order valence-electron chi connectivity index (χ3n) is 3.31. The second-order valence-electron chi connectivity index (χ2n) is 6.38. The standard InChI is InChI=1S/C19H23NO/c1-15(12-16-8-6-5-7-9-16)14-21-18-13-17(10-11-20-18)19(2,3)4/h5-11,13-14H,12H2,1-4H3/b15-14+. The lowest BCUT2D eigenvalue weighted by atomic mass is 9.88. The molecule has 0 aliphatic carbocycles. The highest BCUT2D eigenvalue weighted by atomic mass is 16.5. The van der Waals surface area contributed by atoms with Crippen LogP contribution in [0, 0.1) is 0 Å². The Labute approximate surface area is 127 Å². The molecule has 0 amide bonds. The number of hydrogen-bond acceptors (Lipinski definition) is 2. The van der Waals surface area contributed by atoms with Gasteiger partial charge in [-0.1, -0.05) is 51.1 Å². The van der Waals surface area contributed by atoms with E-state index < -0.39 is 0 Å². The lowest BCUT2D eigenvalue weighted by Gasteiger charge is -2.18. The van der Waals surface area contributed by atoms with Crippen molar-refractivity contribution < 1.29 is 4.74 Å². The molecule has 21 heavy (non-hydrogen) atoms. The molecule has 1 aromatic carbocycles. The van der Waals surface area contributed by atoms with Crippen LogP contribution in [-0.2, 0) is 11.8 Å². The summed E-state index contributed by atoms with van der Waals surface area (Å²) in [5.74, 6) is 0.648. The molecule has 0 saturated carbocycles. The van der Waals surface area contributed by atoms with Crippen LogP contribution in [0.5, 0.6) is 5.88 Å². The van der Waals surface area contributed by atoms with E-state index in [1.807, 2.05) is 18.2 Å². The molecule has 0 radical (unpaired) electrons. The van der Waals surface area contributed by atoms with Crippen LogP contribution in [0.3, 0.4) is 0 Å². The van der Waals surface area contributed by atoms with Gasteiger partial charge < -0.3 is 4.74 Å². The van der Waals surface area contributed by atoms with Crippen LogP contribution in [0.15, 0.2) is 60.5 Å². The van der Waals surface area contributed by atoms with E-state index in [4.69, 9.17) is 4.74 Å². The third-order valence-corrected chi connectivity index (χ3v) is 3.31. The lowest BCUT2D eigenvalue weighted by Crippen LogP contribution is -2.11. The fraction of sp³-hybridized carbons (Fsp3) is 0.316. The van der Waals surface area contributed by atoms with Gasteiger partial charge in [0.15, 0.2) is 0 Å². The first-order valence-electron chi connectivity index (χ1n) is 7.28. The Morgan fingerprint density at radius 3 is 2.52 bits per heavy atom. The van der Waals surface area contributed by atoms with E-state index in [9.17, 15) is 0 Å². The quantitative estimate of drug-likeness (QED) is 0.743. The van der Waals surface area contributed by atoms with E-state index in [1.165, 1.54) is 16.7 Å². The fourth-order valence-corrected chi connectivity index (χ4v) is 2.06. The van der Waals surface area contributed by atoms with Gasteiger partial charge in [0.1, 0.15) is 0 Å². The zero-order chi connectivity index (χ0) is 15.3. The normalized spacial score (nSPS) is 12.3. The number of benzene rings is 1. The van der Waals surface area contributed by atoms with Crippen molar-refractivity contribution in [1.82, 2.24) is 4.98 Å². The molecular formula is C19H23NO. The maximum Gasteiger partial charge on any atom is 0.218 e. The van der Waals surface area contributed by atoms with Crippen LogP contribution in [-0.4, -0.2) is 4.98 Å². The summed E-state index contributed by atoms with van der Waals surface area (Å²) in [5.41, 5.74) is 3.78. The average Bonchev–Trinajstić information content (AvgIpc) is 2.46. The van der Waals surface area contributed by atoms with Gasteiger partial charge in [0, 0.05) is 12.3 Å². The van der Waals surface area contributed by atoms with Gasteiger partial charge in [-0.05, 0) is 41.5 Å². The zero-order valence-corrected chi connectivity index (χ0v) is 13.3. The van der Waals surface area contributed by atoms with Gasteiger partial charge in [-0.15, -0.1) is 0 Å². The first kappa shape index (κ1) is 15.3. The minimum atomic E-state index is 0.101. The van der Waals surface area contributed by atoms with E-state index in [0.29, 0.717) is 5.88 Å². The van der Waals surface area contributed by atoms with E-state index in [0.717, 1.165) is 6.42 Å². The minimum absolute atomic E-state index is 0.101. The summed E-state index contributed by atoms with van der Waals surface area (Å²) < 4.78 is 5.70. The van der Waals surface area contributed by atoms with Gasteiger partial charge in [-0.25, -0.2) is 4.98 Å². The van der Waals surface area contributed by atoms with Crippen LogP contribution >= 0.6 is 0 Å². The van der Waals surface area contributed by atoms with E-state index in [2.05, 4.69) is 56.9 Å². The van der Waals surface area contributed by atoms with Gasteiger partial charge in [-0.2, -0.15) is 0 Å². The minimum Gasteiger partial charge on any atom is -0.447 e. The monoisotopic (exact) mass is 281 g/mol. The molecule has 2 heteroatoms. The molecule has 2 rings (SSSR count). The van der Waals surface area contributed by atoms with Crippen LogP contribution in [0.25, 0.3) is 0 Å². The van der Waals surface area contributed by atoms with Crippen molar-refractivity contribution in [2.24, 2.45) is 0 Å². The summed E-state index contributed by atoms with van der Waals surface area (Å²) in [7, 11) is 0. The third kappa shape index (κ3) is 4.75. The highest BCUT2D eigenvalue weighted by Crippen LogP contribution is 2.24. The summed E-state index contributed by atoms with van der Waals surface area (Å²) in [6, 6.07) is 14.4. The van der Waals surface area contributed by atoms with E-state index in [-0.39, 0.29) is 5.41 Å². The fourth-order valence-electron chi connectivity index (χ4n) is 2.06. The summed E-state index contributed by atoms with van der Waals surface area (Å²) in [6.45, 7) is 8.62. The van der Waals surface area contributed by atoms with Gasteiger partial charge in [-0.3, -0.25) is 0 Å². The second-order valence-corrected chi connectivity index (χ2v) is 6.38. The molecule has 1 aromatic heterocycles. The number of hydrogen-bond donors (Lipinski definition) is 0. The predicted octanol–water partition coefficient (Wildman–Crippen LogP) is 4.90. The molecule has 0 aliphatic heterocycles. The van der Waals surface area contributed by atoms with E-state index >= 15 is 0 Å². The molecule has 0 unspecified atom stereocenters. The van der Waals surface area contributed by atoms with Crippen LogP contribution < -0.4 is 4.74 Å². The van der Waals surface area contributed by atoms with Crippen molar-refractivity contribution >= 4 is 0 Å². The first-order chi connectivity index (χ1) is 9.95. The molecule has 0 fully saturated rings. The SMILES string of the molecule is C/C(=C\Oc1cc(C(C)(C)C)ccn1)Cc1ccccc1. The molecule has 0 spiro atoms. The van der Waals surface area contributed by atoms with Crippen molar-refractivity contribution in [3.05, 3.63) is 71.6 Å². The lowest BCUT2D eigenvalue weighted by molar-refractivity contribution is 0.451. The number of allylic oxidation sites excluding steroid dienone is 1. The molecule has 0 aliphatic rings.